The summed E-state index contributed by atoms with van der Waals surface area (Å²) in [5, 5.41) is 0. The number of carbonyl (C=O) groups excluding carboxylic acids is 2. The van der Waals surface area contributed by atoms with Gasteiger partial charge in [-0.2, -0.15) is 0 Å². The molecule has 4 N–H and O–H groups in total. The van der Waals surface area contributed by atoms with Crippen LogP contribution >= 0.6 is 0 Å². The second-order valence-electron chi connectivity index (χ2n) is 2.90. The molecule has 0 atom stereocenters. The fourth-order valence-corrected chi connectivity index (χ4v) is 1.10. The molecule has 0 heterocycles. The van der Waals surface area contributed by atoms with Crippen LogP contribution in [0.15, 0.2) is 24.3 Å². The van der Waals surface area contributed by atoms with Gasteiger partial charge in [-0.25, -0.2) is 0 Å². The molecule has 14 heavy (non-hydrogen) atoms. The largest absolute Gasteiger partial charge is 0.366 e. The highest BCUT2D eigenvalue weighted by Gasteiger charge is 2.05. The van der Waals surface area contributed by atoms with Crippen molar-refractivity contribution in [1.29, 1.82) is 0 Å². The van der Waals surface area contributed by atoms with Gasteiger partial charge in [-0.1, -0.05) is 12.1 Å². The summed E-state index contributed by atoms with van der Waals surface area (Å²) in [7, 11) is 0. The molecule has 0 saturated carbocycles. The maximum Gasteiger partial charge on any atom is 0.248 e. The lowest BCUT2D eigenvalue weighted by atomic mass is 10.1. The van der Waals surface area contributed by atoms with E-state index in [1.54, 1.807) is 12.1 Å². The van der Waals surface area contributed by atoms with Crippen LogP contribution in [0.2, 0.25) is 0 Å². The number of amides is 1. The third-order valence-electron chi connectivity index (χ3n) is 1.86. The number of ketones is 1. The number of Topliss-reactive ketones (excluding diaryl/α,β-unsaturated/α-hetero) is 1. The van der Waals surface area contributed by atoms with E-state index in [1.807, 2.05) is 0 Å². The van der Waals surface area contributed by atoms with Crippen molar-refractivity contribution < 1.29 is 9.59 Å². The Hall–Kier alpha value is -1.68. The Bertz CT molecular complexity index is 344. The summed E-state index contributed by atoms with van der Waals surface area (Å²) in [5.41, 5.74) is 11.3. The minimum absolute atomic E-state index is 0.0245. The van der Waals surface area contributed by atoms with Gasteiger partial charge in [-0.05, 0) is 18.7 Å². The van der Waals surface area contributed by atoms with E-state index >= 15 is 0 Å². The topological polar surface area (TPSA) is 86.2 Å². The normalized spacial score (nSPS) is 9.79. The second-order valence-corrected chi connectivity index (χ2v) is 2.90. The SMILES string of the molecule is NCCC(=O)c1ccc(C(N)=O)cc1. The fraction of sp³-hybridized carbons (Fsp3) is 0.200. The number of benzene rings is 1. The van der Waals surface area contributed by atoms with Gasteiger partial charge in [0.15, 0.2) is 5.78 Å². The molecular weight excluding hydrogens is 180 g/mol. The maximum absolute atomic E-state index is 11.3. The maximum atomic E-state index is 11.3. The number of hydrogen-bond acceptors (Lipinski definition) is 3. The third kappa shape index (κ3) is 2.40. The molecule has 0 aliphatic rings. The van der Waals surface area contributed by atoms with Crippen molar-refractivity contribution in [3.8, 4) is 0 Å². The van der Waals surface area contributed by atoms with E-state index in [4.69, 9.17) is 11.5 Å². The van der Waals surface area contributed by atoms with Crippen LogP contribution in [0.25, 0.3) is 0 Å². The number of carbonyl (C=O) groups is 2. The van der Waals surface area contributed by atoms with Gasteiger partial charge in [-0.15, -0.1) is 0 Å². The van der Waals surface area contributed by atoms with E-state index in [0.717, 1.165) is 0 Å². The van der Waals surface area contributed by atoms with Crippen LogP contribution in [-0.4, -0.2) is 18.2 Å². The lowest BCUT2D eigenvalue weighted by Gasteiger charge is -1.99. The van der Waals surface area contributed by atoms with Gasteiger partial charge in [0.2, 0.25) is 5.91 Å². The van der Waals surface area contributed by atoms with Crippen molar-refractivity contribution in [2.24, 2.45) is 11.5 Å². The molecule has 0 saturated heterocycles. The fourth-order valence-electron chi connectivity index (χ4n) is 1.10. The number of hydrogen-bond donors (Lipinski definition) is 2. The van der Waals surface area contributed by atoms with Crippen molar-refractivity contribution in [2.75, 3.05) is 6.54 Å². The Morgan fingerprint density at radius 1 is 1.07 bits per heavy atom. The smallest absolute Gasteiger partial charge is 0.248 e. The number of nitrogens with two attached hydrogens (primary N) is 2. The van der Waals surface area contributed by atoms with Crippen LogP contribution < -0.4 is 11.5 Å². The lowest BCUT2D eigenvalue weighted by molar-refractivity contribution is 0.0979. The van der Waals surface area contributed by atoms with Crippen LogP contribution in [0, 0.1) is 0 Å². The summed E-state index contributed by atoms with van der Waals surface area (Å²) in [6, 6.07) is 6.23. The molecule has 1 aromatic carbocycles. The zero-order chi connectivity index (χ0) is 10.6. The Balaban J connectivity index is 2.83. The molecule has 74 valence electrons. The first-order valence-corrected chi connectivity index (χ1v) is 4.28. The molecule has 0 bridgehead atoms. The average molecular weight is 192 g/mol. The van der Waals surface area contributed by atoms with Gasteiger partial charge < -0.3 is 11.5 Å². The predicted octanol–water partition coefficient (Wildman–Crippen LogP) is 0.317. The third-order valence-corrected chi connectivity index (χ3v) is 1.86. The van der Waals surface area contributed by atoms with Crippen molar-refractivity contribution >= 4 is 11.7 Å². The standard InChI is InChI=1S/C10H12N2O2/c11-6-5-9(13)7-1-3-8(4-2-7)10(12)14/h1-4H,5-6,11H2,(H2,12,14). The van der Waals surface area contributed by atoms with Crippen molar-refractivity contribution in [3.05, 3.63) is 35.4 Å². The van der Waals surface area contributed by atoms with E-state index in [2.05, 4.69) is 0 Å². The summed E-state index contributed by atoms with van der Waals surface area (Å²) in [6.45, 7) is 0.330. The minimum atomic E-state index is -0.497. The number of primary amides is 1. The average Bonchev–Trinajstić information content (AvgIpc) is 2.18. The Labute approximate surface area is 81.9 Å². The molecule has 0 radical (unpaired) electrons. The molecule has 4 nitrogen and oxygen atoms in total. The highest BCUT2D eigenvalue weighted by atomic mass is 16.1. The van der Waals surface area contributed by atoms with Crippen LogP contribution in [-0.2, 0) is 0 Å². The van der Waals surface area contributed by atoms with Gasteiger partial charge >= 0.3 is 0 Å². The summed E-state index contributed by atoms with van der Waals surface area (Å²) < 4.78 is 0. The van der Waals surface area contributed by atoms with Crippen molar-refractivity contribution in [1.82, 2.24) is 0 Å². The highest BCUT2D eigenvalue weighted by molar-refractivity contribution is 5.98. The highest BCUT2D eigenvalue weighted by Crippen LogP contribution is 2.06. The van der Waals surface area contributed by atoms with Crippen LogP contribution in [0.1, 0.15) is 27.1 Å². The molecule has 0 spiro atoms. The molecule has 1 amide bonds. The van der Waals surface area contributed by atoms with E-state index in [-0.39, 0.29) is 5.78 Å². The van der Waals surface area contributed by atoms with Gasteiger partial charge in [-0.3, -0.25) is 9.59 Å². The molecule has 0 aromatic heterocycles. The van der Waals surface area contributed by atoms with E-state index < -0.39 is 5.91 Å². The second kappa shape index (κ2) is 4.53. The van der Waals surface area contributed by atoms with Gasteiger partial charge in [0.25, 0.3) is 0 Å². The van der Waals surface area contributed by atoms with Crippen LogP contribution in [0.3, 0.4) is 0 Å². The van der Waals surface area contributed by atoms with E-state index in [9.17, 15) is 9.59 Å². The zero-order valence-electron chi connectivity index (χ0n) is 7.69. The molecule has 1 rings (SSSR count). The first-order chi connectivity index (χ1) is 6.65. The first-order valence-electron chi connectivity index (χ1n) is 4.28. The monoisotopic (exact) mass is 192 g/mol. The van der Waals surface area contributed by atoms with Crippen molar-refractivity contribution in [3.63, 3.8) is 0 Å². The molecule has 0 fully saturated rings. The van der Waals surface area contributed by atoms with Gasteiger partial charge in [0, 0.05) is 17.5 Å². The molecule has 1 aromatic rings. The van der Waals surface area contributed by atoms with Crippen LogP contribution in [0.4, 0.5) is 0 Å². The van der Waals surface area contributed by atoms with Crippen molar-refractivity contribution in [2.45, 2.75) is 6.42 Å². The first kappa shape index (κ1) is 10.4. The zero-order valence-corrected chi connectivity index (χ0v) is 7.69. The quantitative estimate of drug-likeness (QED) is 0.673. The number of rotatable bonds is 4. The lowest BCUT2D eigenvalue weighted by Crippen LogP contribution is -2.12. The molecular formula is C10H12N2O2. The van der Waals surface area contributed by atoms with Gasteiger partial charge in [0.05, 0.1) is 0 Å². The van der Waals surface area contributed by atoms with E-state index in [1.165, 1.54) is 12.1 Å². The summed E-state index contributed by atoms with van der Waals surface area (Å²) in [5.74, 6) is -0.522. The Morgan fingerprint density at radius 3 is 2.00 bits per heavy atom. The molecule has 4 heteroatoms. The van der Waals surface area contributed by atoms with Gasteiger partial charge in [0.1, 0.15) is 0 Å². The molecule has 0 aliphatic carbocycles. The Morgan fingerprint density at radius 2 is 1.57 bits per heavy atom. The Kier molecular flexibility index (Phi) is 3.36. The summed E-state index contributed by atoms with van der Waals surface area (Å²) >= 11 is 0. The summed E-state index contributed by atoms with van der Waals surface area (Å²) in [4.78, 5) is 22.1. The molecule has 0 unspecified atom stereocenters. The molecule has 0 aliphatic heterocycles. The van der Waals surface area contributed by atoms with Crippen LogP contribution in [0.5, 0.6) is 0 Å². The van der Waals surface area contributed by atoms with E-state index in [0.29, 0.717) is 24.1 Å². The predicted molar refractivity (Wildman–Crippen MR) is 53.0 cm³/mol. The summed E-state index contributed by atoms with van der Waals surface area (Å²) in [6.07, 6.45) is 0.315. The minimum Gasteiger partial charge on any atom is -0.366 e.